The lowest BCUT2D eigenvalue weighted by Gasteiger charge is -2.41. The maximum atomic E-state index is 12.0. The number of ether oxygens (including phenoxy) is 1. The van der Waals surface area contributed by atoms with Gasteiger partial charge in [0.1, 0.15) is 11.4 Å². The number of hydrogen-bond acceptors (Lipinski definition) is 3. The van der Waals surface area contributed by atoms with Crippen molar-refractivity contribution in [3.63, 3.8) is 0 Å². The highest BCUT2D eigenvalue weighted by Gasteiger charge is 2.43. The zero-order valence-corrected chi connectivity index (χ0v) is 13.7. The Morgan fingerprint density at radius 3 is 1.75 bits per heavy atom. The summed E-state index contributed by atoms with van der Waals surface area (Å²) in [6.07, 6.45) is 0. The lowest BCUT2D eigenvalue weighted by molar-refractivity contribution is 0.121. The first-order valence-electron chi connectivity index (χ1n) is 7.96. The summed E-state index contributed by atoms with van der Waals surface area (Å²) < 4.78 is 5.55. The Bertz CT molecular complexity index is 838. The number of para-hydroxylation sites is 3. The van der Waals surface area contributed by atoms with Gasteiger partial charge in [-0.1, -0.05) is 54.6 Å². The number of anilines is 2. The van der Waals surface area contributed by atoms with Crippen LogP contribution in [-0.2, 0) is 5.60 Å². The Labute approximate surface area is 141 Å². The molecule has 0 amide bonds. The molecule has 0 aliphatic carbocycles. The average molecular weight is 317 g/mol. The Balaban J connectivity index is 2.10. The van der Waals surface area contributed by atoms with Crippen LogP contribution in [0.5, 0.6) is 5.75 Å². The summed E-state index contributed by atoms with van der Waals surface area (Å²) in [5.41, 5.74) is 3.19. The van der Waals surface area contributed by atoms with Gasteiger partial charge < -0.3 is 14.7 Å². The van der Waals surface area contributed by atoms with E-state index in [-0.39, 0.29) is 0 Å². The summed E-state index contributed by atoms with van der Waals surface area (Å²) in [6.45, 7) is 0. The molecule has 0 radical (unpaired) electrons. The Morgan fingerprint density at radius 1 is 0.750 bits per heavy atom. The zero-order chi connectivity index (χ0) is 16.7. The molecule has 0 saturated carbocycles. The van der Waals surface area contributed by atoms with Crippen LogP contribution < -0.4 is 9.64 Å². The molecule has 1 aliphatic heterocycles. The standard InChI is InChI=1S/C21H19NO2/c1-22-18-12-6-3-9-15(18)21(23,16-10-4-7-13-19(16)22)17-11-5-8-14-20(17)24-2/h3-14,23H,1-2H3. The van der Waals surface area contributed by atoms with Crippen molar-refractivity contribution in [3.05, 3.63) is 89.5 Å². The largest absolute Gasteiger partial charge is 0.496 e. The fraction of sp³-hybridized carbons (Fsp3) is 0.143. The van der Waals surface area contributed by atoms with Gasteiger partial charge in [0.2, 0.25) is 0 Å². The molecule has 0 spiro atoms. The second kappa shape index (κ2) is 5.39. The number of rotatable bonds is 2. The van der Waals surface area contributed by atoms with Crippen LogP contribution in [0.3, 0.4) is 0 Å². The number of nitrogens with zero attached hydrogens (tertiary/aromatic N) is 1. The van der Waals surface area contributed by atoms with Gasteiger partial charge in [-0.25, -0.2) is 0 Å². The molecule has 3 heteroatoms. The number of benzene rings is 3. The molecule has 4 rings (SSSR count). The second-order valence-electron chi connectivity index (χ2n) is 6.00. The third kappa shape index (κ3) is 1.88. The number of fused-ring (bicyclic) bond motifs is 2. The number of aliphatic hydroxyl groups is 1. The fourth-order valence-electron chi connectivity index (χ4n) is 3.65. The van der Waals surface area contributed by atoms with Gasteiger partial charge in [-0.05, 0) is 18.2 Å². The molecule has 3 aromatic rings. The summed E-state index contributed by atoms with van der Waals surface area (Å²) in [4.78, 5) is 2.12. The first kappa shape index (κ1) is 14.8. The van der Waals surface area contributed by atoms with E-state index in [0.717, 1.165) is 28.1 Å². The van der Waals surface area contributed by atoms with Crippen molar-refractivity contribution in [2.45, 2.75) is 5.60 Å². The summed E-state index contributed by atoms with van der Waals surface area (Å²) in [6, 6.07) is 23.6. The Kier molecular flexibility index (Phi) is 3.32. The van der Waals surface area contributed by atoms with E-state index in [0.29, 0.717) is 5.75 Å². The first-order valence-corrected chi connectivity index (χ1v) is 7.96. The molecule has 0 aromatic heterocycles. The van der Waals surface area contributed by atoms with E-state index in [1.165, 1.54) is 0 Å². The minimum atomic E-state index is -1.26. The Morgan fingerprint density at radius 2 is 1.21 bits per heavy atom. The molecule has 24 heavy (non-hydrogen) atoms. The van der Waals surface area contributed by atoms with Crippen LogP contribution in [0.2, 0.25) is 0 Å². The fourth-order valence-corrected chi connectivity index (χ4v) is 3.65. The molecular weight excluding hydrogens is 298 g/mol. The maximum absolute atomic E-state index is 12.0. The van der Waals surface area contributed by atoms with E-state index in [2.05, 4.69) is 4.90 Å². The van der Waals surface area contributed by atoms with Gasteiger partial charge in [0, 0.05) is 35.1 Å². The second-order valence-corrected chi connectivity index (χ2v) is 6.00. The van der Waals surface area contributed by atoms with Crippen molar-refractivity contribution >= 4 is 11.4 Å². The minimum absolute atomic E-state index is 0.675. The van der Waals surface area contributed by atoms with Crippen molar-refractivity contribution in [2.75, 3.05) is 19.1 Å². The van der Waals surface area contributed by atoms with E-state index in [4.69, 9.17) is 4.74 Å². The first-order chi connectivity index (χ1) is 11.7. The van der Waals surface area contributed by atoms with E-state index in [1.807, 2.05) is 79.8 Å². The highest BCUT2D eigenvalue weighted by atomic mass is 16.5. The Hall–Kier alpha value is -2.78. The molecular formula is C21H19NO2. The van der Waals surface area contributed by atoms with E-state index < -0.39 is 5.60 Å². The van der Waals surface area contributed by atoms with Gasteiger partial charge >= 0.3 is 0 Å². The third-order valence-corrected chi connectivity index (χ3v) is 4.81. The average Bonchev–Trinajstić information content (AvgIpc) is 2.66. The van der Waals surface area contributed by atoms with Gasteiger partial charge in [-0.3, -0.25) is 0 Å². The zero-order valence-electron chi connectivity index (χ0n) is 13.7. The lowest BCUT2D eigenvalue weighted by atomic mass is 9.76. The summed E-state index contributed by atoms with van der Waals surface area (Å²) in [7, 11) is 3.66. The van der Waals surface area contributed by atoms with E-state index in [9.17, 15) is 5.11 Å². The molecule has 1 aliphatic rings. The van der Waals surface area contributed by atoms with Crippen molar-refractivity contribution in [2.24, 2.45) is 0 Å². The smallest absolute Gasteiger partial charge is 0.148 e. The molecule has 1 heterocycles. The van der Waals surface area contributed by atoms with Crippen LogP contribution in [-0.4, -0.2) is 19.3 Å². The lowest BCUT2D eigenvalue weighted by Crippen LogP contribution is -2.36. The predicted octanol–water partition coefficient (Wildman–Crippen LogP) is 4.06. The monoisotopic (exact) mass is 317 g/mol. The SMILES string of the molecule is COc1ccccc1C1(O)c2ccccc2N(C)c2ccccc21. The van der Waals surface area contributed by atoms with Crippen LogP contribution in [0.15, 0.2) is 72.8 Å². The van der Waals surface area contributed by atoms with Gasteiger partial charge in [0.05, 0.1) is 7.11 Å². The highest BCUT2D eigenvalue weighted by molar-refractivity contribution is 5.79. The van der Waals surface area contributed by atoms with Crippen LogP contribution in [0.25, 0.3) is 0 Å². The van der Waals surface area contributed by atoms with Crippen molar-refractivity contribution in [3.8, 4) is 5.75 Å². The molecule has 0 saturated heterocycles. The normalized spacial score (nSPS) is 14.7. The summed E-state index contributed by atoms with van der Waals surface area (Å²) in [5, 5.41) is 12.0. The van der Waals surface area contributed by atoms with Gasteiger partial charge in [-0.15, -0.1) is 0 Å². The molecule has 3 aromatic carbocycles. The van der Waals surface area contributed by atoms with Gasteiger partial charge in [-0.2, -0.15) is 0 Å². The topological polar surface area (TPSA) is 32.7 Å². The summed E-state index contributed by atoms with van der Waals surface area (Å²) in [5.74, 6) is 0.675. The third-order valence-electron chi connectivity index (χ3n) is 4.81. The van der Waals surface area contributed by atoms with Crippen molar-refractivity contribution in [1.82, 2.24) is 0 Å². The molecule has 0 unspecified atom stereocenters. The molecule has 1 N–H and O–H groups in total. The molecule has 0 atom stereocenters. The van der Waals surface area contributed by atoms with Gasteiger partial charge in [0.25, 0.3) is 0 Å². The van der Waals surface area contributed by atoms with E-state index >= 15 is 0 Å². The quantitative estimate of drug-likeness (QED) is 0.773. The van der Waals surface area contributed by atoms with Crippen LogP contribution in [0.4, 0.5) is 11.4 Å². The van der Waals surface area contributed by atoms with E-state index in [1.54, 1.807) is 7.11 Å². The van der Waals surface area contributed by atoms with Crippen molar-refractivity contribution < 1.29 is 9.84 Å². The predicted molar refractivity (Wildman–Crippen MR) is 96.0 cm³/mol. The molecule has 0 fully saturated rings. The maximum Gasteiger partial charge on any atom is 0.148 e. The molecule has 120 valence electrons. The number of hydrogen-bond donors (Lipinski definition) is 1. The van der Waals surface area contributed by atoms with Crippen LogP contribution >= 0.6 is 0 Å². The molecule has 0 bridgehead atoms. The highest BCUT2D eigenvalue weighted by Crippen LogP contribution is 2.51. The number of methoxy groups -OCH3 is 1. The van der Waals surface area contributed by atoms with Gasteiger partial charge in [0.15, 0.2) is 0 Å². The minimum Gasteiger partial charge on any atom is -0.496 e. The summed E-state index contributed by atoms with van der Waals surface area (Å²) >= 11 is 0. The van der Waals surface area contributed by atoms with Crippen LogP contribution in [0.1, 0.15) is 16.7 Å². The molecule has 3 nitrogen and oxygen atoms in total. The van der Waals surface area contributed by atoms with Crippen LogP contribution in [0, 0.1) is 0 Å². The van der Waals surface area contributed by atoms with Crippen molar-refractivity contribution in [1.29, 1.82) is 0 Å².